The molecule has 0 aliphatic carbocycles. The van der Waals surface area contributed by atoms with Crippen molar-refractivity contribution in [3.05, 3.63) is 23.7 Å². The lowest BCUT2D eigenvalue weighted by atomic mass is 10.2. The van der Waals surface area contributed by atoms with Crippen molar-refractivity contribution in [2.45, 2.75) is 25.5 Å². The van der Waals surface area contributed by atoms with E-state index in [1.807, 2.05) is 17.5 Å². The highest BCUT2D eigenvalue weighted by atomic mass is 32.1. The highest BCUT2D eigenvalue weighted by Gasteiger charge is 2.23. The number of amides is 1. The maximum absolute atomic E-state index is 11.9. The molecular formula is C15H16N6O3S. The van der Waals surface area contributed by atoms with Crippen molar-refractivity contribution in [2.75, 3.05) is 13.2 Å². The second-order valence-electron chi connectivity index (χ2n) is 5.56. The number of aromatic nitrogens is 5. The number of hydrogen-bond donors (Lipinski definition) is 1. The third-order valence-corrected chi connectivity index (χ3v) is 4.65. The van der Waals surface area contributed by atoms with Crippen LogP contribution in [0.1, 0.15) is 12.8 Å². The van der Waals surface area contributed by atoms with E-state index < -0.39 is 0 Å². The Labute approximate surface area is 147 Å². The Hall–Kier alpha value is -2.59. The topological polar surface area (TPSA) is 108 Å². The second kappa shape index (κ2) is 7.11. The second-order valence-corrected chi connectivity index (χ2v) is 6.51. The summed E-state index contributed by atoms with van der Waals surface area (Å²) >= 11 is 1.54. The largest absolute Gasteiger partial charge is 0.368 e. The van der Waals surface area contributed by atoms with Crippen molar-refractivity contribution in [3.63, 3.8) is 0 Å². The minimum absolute atomic E-state index is 0.0738. The molecular weight excluding hydrogens is 344 g/mol. The van der Waals surface area contributed by atoms with E-state index in [4.69, 9.17) is 9.26 Å². The van der Waals surface area contributed by atoms with Crippen LogP contribution in [0.25, 0.3) is 22.3 Å². The number of rotatable bonds is 6. The molecule has 1 unspecified atom stereocenters. The van der Waals surface area contributed by atoms with Gasteiger partial charge in [0, 0.05) is 13.2 Å². The summed E-state index contributed by atoms with van der Waals surface area (Å²) in [5, 5.41) is 16.8. The van der Waals surface area contributed by atoms with E-state index in [1.165, 1.54) is 11.3 Å². The summed E-state index contributed by atoms with van der Waals surface area (Å²) in [5.74, 6) is 0.775. The van der Waals surface area contributed by atoms with Gasteiger partial charge in [-0.3, -0.25) is 4.79 Å². The zero-order valence-corrected chi connectivity index (χ0v) is 14.1. The zero-order chi connectivity index (χ0) is 17.1. The molecule has 0 radical (unpaired) electrons. The standard InChI is InChI=1S/C15H16N6O3S/c22-14(11-3-1-7-23-11)16-5-6-21-9-10(18-20-21)15-17-13(19-24-15)12-4-2-8-25-12/h2,4,8-9,11H,1,3,5-7H2,(H,16,22). The third-order valence-electron chi connectivity index (χ3n) is 3.79. The number of nitrogens with one attached hydrogen (secondary N) is 1. The first kappa shape index (κ1) is 15.9. The highest BCUT2D eigenvalue weighted by molar-refractivity contribution is 7.13. The van der Waals surface area contributed by atoms with Gasteiger partial charge in [-0.25, -0.2) is 4.68 Å². The van der Waals surface area contributed by atoms with Gasteiger partial charge in [-0.1, -0.05) is 16.4 Å². The molecule has 0 aromatic carbocycles. The lowest BCUT2D eigenvalue weighted by molar-refractivity contribution is -0.130. The Kier molecular flexibility index (Phi) is 4.53. The summed E-state index contributed by atoms with van der Waals surface area (Å²) in [6.07, 6.45) is 3.11. The van der Waals surface area contributed by atoms with Crippen molar-refractivity contribution >= 4 is 17.2 Å². The van der Waals surface area contributed by atoms with Crippen LogP contribution in [0.3, 0.4) is 0 Å². The molecule has 3 aromatic rings. The van der Waals surface area contributed by atoms with Gasteiger partial charge in [0.15, 0.2) is 5.69 Å². The van der Waals surface area contributed by atoms with Crippen molar-refractivity contribution in [3.8, 4) is 22.3 Å². The van der Waals surface area contributed by atoms with E-state index in [0.717, 1.165) is 17.7 Å². The van der Waals surface area contributed by atoms with Crippen LogP contribution in [0.2, 0.25) is 0 Å². The molecule has 1 N–H and O–H groups in total. The lowest BCUT2D eigenvalue weighted by Gasteiger charge is -2.09. The van der Waals surface area contributed by atoms with E-state index in [2.05, 4.69) is 25.8 Å². The summed E-state index contributed by atoms with van der Waals surface area (Å²) in [6.45, 7) is 1.60. The number of thiophene rings is 1. The summed E-state index contributed by atoms with van der Waals surface area (Å²) < 4.78 is 12.2. The van der Waals surface area contributed by atoms with Crippen LogP contribution in [0.5, 0.6) is 0 Å². The monoisotopic (exact) mass is 360 g/mol. The molecule has 3 aromatic heterocycles. The van der Waals surface area contributed by atoms with Crippen LogP contribution in [0.15, 0.2) is 28.2 Å². The smallest absolute Gasteiger partial charge is 0.280 e. The highest BCUT2D eigenvalue weighted by Crippen LogP contribution is 2.24. The normalized spacial score (nSPS) is 17.0. The first-order valence-corrected chi connectivity index (χ1v) is 8.85. The Morgan fingerprint density at radius 1 is 1.48 bits per heavy atom. The number of carbonyl (C=O) groups is 1. The van der Waals surface area contributed by atoms with Gasteiger partial charge in [0.25, 0.3) is 5.89 Å². The van der Waals surface area contributed by atoms with Crippen LogP contribution in [0, 0.1) is 0 Å². The number of carbonyl (C=O) groups excluding carboxylic acids is 1. The van der Waals surface area contributed by atoms with Crippen LogP contribution in [-0.4, -0.2) is 50.3 Å². The van der Waals surface area contributed by atoms with Gasteiger partial charge < -0.3 is 14.6 Å². The van der Waals surface area contributed by atoms with E-state index in [9.17, 15) is 4.79 Å². The van der Waals surface area contributed by atoms with Gasteiger partial charge in [0.2, 0.25) is 11.7 Å². The van der Waals surface area contributed by atoms with E-state index >= 15 is 0 Å². The number of hydrogen-bond acceptors (Lipinski definition) is 8. The summed E-state index contributed by atoms with van der Waals surface area (Å²) in [6, 6.07) is 3.85. The van der Waals surface area contributed by atoms with Crippen molar-refractivity contribution in [1.82, 2.24) is 30.5 Å². The molecule has 1 aliphatic rings. The van der Waals surface area contributed by atoms with Crippen molar-refractivity contribution in [2.24, 2.45) is 0 Å². The SMILES string of the molecule is O=C(NCCn1cc(-c2nc(-c3cccs3)no2)nn1)C1CCCO1. The van der Waals surface area contributed by atoms with Gasteiger partial charge in [-0.15, -0.1) is 16.4 Å². The molecule has 0 saturated carbocycles. The molecule has 1 atom stereocenters. The fraction of sp³-hybridized carbons (Fsp3) is 0.400. The number of nitrogens with zero attached hydrogens (tertiary/aromatic N) is 5. The van der Waals surface area contributed by atoms with Crippen LogP contribution in [-0.2, 0) is 16.1 Å². The molecule has 4 heterocycles. The maximum Gasteiger partial charge on any atom is 0.280 e. The Morgan fingerprint density at radius 2 is 2.44 bits per heavy atom. The molecule has 1 fully saturated rings. The molecule has 4 rings (SSSR count). The molecule has 1 amide bonds. The third kappa shape index (κ3) is 3.59. The molecule has 9 nitrogen and oxygen atoms in total. The predicted octanol–water partition coefficient (Wildman–Crippen LogP) is 1.35. The maximum atomic E-state index is 11.9. The summed E-state index contributed by atoms with van der Waals surface area (Å²) in [4.78, 5) is 17.1. The molecule has 10 heteroatoms. The van der Waals surface area contributed by atoms with Crippen molar-refractivity contribution < 1.29 is 14.1 Å². The van der Waals surface area contributed by atoms with Crippen LogP contribution < -0.4 is 5.32 Å². The van der Waals surface area contributed by atoms with Gasteiger partial charge in [-0.05, 0) is 24.3 Å². The Morgan fingerprint density at radius 3 is 3.24 bits per heavy atom. The number of ether oxygens (including phenoxy) is 1. The molecule has 25 heavy (non-hydrogen) atoms. The lowest BCUT2D eigenvalue weighted by Crippen LogP contribution is -2.36. The molecule has 1 saturated heterocycles. The van der Waals surface area contributed by atoms with Crippen LogP contribution >= 0.6 is 11.3 Å². The van der Waals surface area contributed by atoms with Gasteiger partial charge in [-0.2, -0.15) is 4.98 Å². The molecule has 1 aliphatic heterocycles. The minimum Gasteiger partial charge on any atom is -0.368 e. The molecule has 0 bridgehead atoms. The van der Waals surface area contributed by atoms with Crippen molar-refractivity contribution in [1.29, 1.82) is 0 Å². The van der Waals surface area contributed by atoms with Gasteiger partial charge in [0.05, 0.1) is 17.6 Å². The Bertz CT molecular complexity index is 837. The van der Waals surface area contributed by atoms with Crippen LogP contribution in [0.4, 0.5) is 0 Å². The van der Waals surface area contributed by atoms with E-state index in [-0.39, 0.29) is 12.0 Å². The molecule has 0 spiro atoms. The summed E-state index contributed by atoms with van der Waals surface area (Å²) in [5.41, 5.74) is 0.501. The van der Waals surface area contributed by atoms with E-state index in [0.29, 0.717) is 37.1 Å². The average Bonchev–Trinajstić information content (AvgIpc) is 3.42. The minimum atomic E-state index is -0.319. The average molecular weight is 360 g/mol. The van der Waals surface area contributed by atoms with E-state index in [1.54, 1.807) is 10.9 Å². The van der Waals surface area contributed by atoms with Gasteiger partial charge in [0.1, 0.15) is 6.10 Å². The quantitative estimate of drug-likeness (QED) is 0.707. The van der Waals surface area contributed by atoms with Gasteiger partial charge >= 0.3 is 0 Å². The fourth-order valence-corrected chi connectivity index (χ4v) is 3.18. The predicted molar refractivity (Wildman–Crippen MR) is 88.6 cm³/mol. The Balaban J connectivity index is 1.33. The summed E-state index contributed by atoms with van der Waals surface area (Å²) in [7, 11) is 0. The zero-order valence-electron chi connectivity index (χ0n) is 13.3. The first-order chi connectivity index (χ1) is 12.3. The fourth-order valence-electron chi connectivity index (χ4n) is 2.53. The first-order valence-electron chi connectivity index (χ1n) is 7.97. The molecule has 130 valence electrons.